The second-order valence-electron chi connectivity index (χ2n) is 5.45. The van der Waals surface area contributed by atoms with Gasteiger partial charge in [0.1, 0.15) is 5.75 Å². The van der Waals surface area contributed by atoms with Gasteiger partial charge in [0.05, 0.1) is 11.5 Å². The van der Waals surface area contributed by atoms with Gasteiger partial charge in [-0.05, 0) is 51.3 Å². The van der Waals surface area contributed by atoms with Crippen LogP contribution >= 0.6 is 0 Å². The van der Waals surface area contributed by atoms with Crippen molar-refractivity contribution in [2.45, 2.75) is 45.6 Å². The second kappa shape index (κ2) is 6.70. The van der Waals surface area contributed by atoms with E-state index in [1.54, 1.807) is 19.1 Å². The molecule has 1 aromatic carbocycles. The van der Waals surface area contributed by atoms with E-state index >= 15 is 0 Å². The Kier molecular flexibility index (Phi) is 4.95. The zero-order valence-electron chi connectivity index (χ0n) is 12.1. The number of aryl methyl sites for hydroxylation is 2. The van der Waals surface area contributed by atoms with Gasteiger partial charge in [-0.3, -0.25) is 10.1 Å². The molecule has 1 unspecified atom stereocenters. The Balaban J connectivity index is 1.92. The number of piperidine rings is 1. The molecule has 1 N–H and O–H groups in total. The summed E-state index contributed by atoms with van der Waals surface area (Å²) in [7, 11) is 0. The largest absolute Gasteiger partial charge is 0.493 e. The van der Waals surface area contributed by atoms with Crippen LogP contribution in [0.4, 0.5) is 5.69 Å². The molecule has 20 heavy (non-hydrogen) atoms. The molecule has 1 atom stereocenters. The highest BCUT2D eigenvalue weighted by molar-refractivity contribution is 5.49. The summed E-state index contributed by atoms with van der Waals surface area (Å²) in [6, 6.07) is 3.90. The van der Waals surface area contributed by atoms with Crippen molar-refractivity contribution in [3.05, 3.63) is 33.4 Å². The molecule has 1 fully saturated rings. The lowest BCUT2D eigenvalue weighted by atomic mass is 10.0. The fourth-order valence-electron chi connectivity index (χ4n) is 2.61. The summed E-state index contributed by atoms with van der Waals surface area (Å²) in [4.78, 5) is 10.5. The first-order valence-corrected chi connectivity index (χ1v) is 7.19. The number of hydrogen-bond acceptors (Lipinski definition) is 4. The lowest BCUT2D eigenvalue weighted by Crippen LogP contribution is -2.35. The number of hydrogen-bond donors (Lipinski definition) is 1. The maximum atomic E-state index is 10.9. The van der Waals surface area contributed by atoms with Gasteiger partial charge >= 0.3 is 0 Å². The predicted octanol–water partition coefficient (Wildman–Crippen LogP) is 3.12. The zero-order valence-corrected chi connectivity index (χ0v) is 12.1. The van der Waals surface area contributed by atoms with E-state index in [9.17, 15) is 10.1 Å². The third-order valence-corrected chi connectivity index (χ3v) is 3.83. The Morgan fingerprint density at radius 2 is 2.15 bits per heavy atom. The molecule has 2 rings (SSSR count). The van der Waals surface area contributed by atoms with Crippen molar-refractivity contribution in [2.75, 3.05) is 13.2 Å². The number of rotatable bonds is 5. The van der Waals surface area contributed by atoms with Crippen LogP contribution in [-0.4, -0.2) is 24.1 Å². The predicted molar refractivity (Wildman–Crippen MR) is 78.3 cm³/mol. The Bertz CT molecular complexity index is 482. The smallest absolute Gasteiger partial charge is 0.272 e. The van der Waals surface area contributed by atoms with E-state index in [-0.39, 0.29) is 10.6 Å². The van der Waals surface area contributed by atoms with Gasteiger partial charge in [-0.15, -0.1) is 0 Å². The van der Waals surface area contributed by atoms with Gasteiger partial charge in [0.2, 0.25) is 0 Å². The first kappa shape index (κ1) is 14.8. The highest BCUT2D eigenvalue weighted by atomic mass is 16.6. The molecule has 0 saturated carbocycles. The molecule has 0 aromatic heterocycles. The fraction of sp³-hybridized carbons (Fsp3) is 0.600. The van der Waals surface area contributed by atoms with Gasteiger partial charge in [0, 0.05) is 17.7 Å². The van der Waals surface area contributed by atoms with E-state index in [1.807, 2.05) is 6.92 Å². The molecule has 0 bridgehead atoms. The van der Waals surface area contributed by atoms with Crippen molar-refractivity contribution >= 4 is 5.69 Å². The molecule has 0 amide bonds. The molecule has 1 heterocycles. The van der Waals surface area contributed by atoms with Crippen LogP contribution < -0.4 is 10.1 Å². The minimum Gasteiger partial charge on any atom is -0.493 e. The van der Waals surface area contributed by atoms with E-state index in [2.05, 4.69) is 5.32 Å². The molecule has 110 valence electrons. The number of nitrogens with one attached hydrogen (secondary N) is 1. The Morgan fingerprint density at radius 3 is 2.80 bits per heavy atom. The van der Waals surface area contributed by atoms with Crippen LogP contribution in [0.1, 0.15) is 36.8 Å². The number of nitrogens with zero attached hydrogens (tertiary/aromatic N) is 1. The molecule has 5 nitrogen and oxygen atoms in total. The minimum atomic E-state index is -0.349. The summed E-state index contributed by atoms with van der Waals surface area (Å²) in [6.07, 6.45) is 4.74. The van der Waals surface area contributed by atoms with Gasteiger partial charge in [-0.25, -0.2) is 0 Å². The van der Waals surface area contributed by atoms with Crippen LogP contribution in [-0.2, 0) is 0 Å². The third-order valence-electron chi connectivity index (χ3n) is 3.83. The van der Waals surface area contributed by atoms with Gasteiger partial charge < -0.3 is 10.1 Å². The van der Waals surface area contributed by atoms with Crippen LogP contribution in [0, 0.1) is 24.0 Å². The molecule has 0 spiro atoms. The molecule has 5 heteroatoms. The van der Waals surface area contributed by atoms with Crippen molar-refractivity contribution in [3.63, 3.8) is 0 Å². The summed E-state index contributed by atoms with van der Waals surface area (Å²) in [5.74, 6) is 0.754. The summed E-state index contributed by atoms with van der Waals surface area (Å²) < 4.78 is 5.79. The van der Waals surface area contributed by atoms with E-state index in [4.69, 9.17) is 4.74 Å². The van der Waals surface area contributed by atoms with E-state index in [1.165, 1.54) is 19.3 Å². The summed E-state index contributed by atoms with van der Waals surface area (Å²) in [5, 5.41) is 14.3. The lowest BCUT2D eigenvalue weighted by Gasteiger charge is -2.23. The summed E-state index contributed by atoms with van der Waals surface area (Å²) >= 11 is 0. The fourth-order valence-corrected chi connectivity index (χ4v) is 2.61. The first-order valence-electron chi connectivity index (χ1n) is 7.19. The molecule has 0 radical (unpaired) electrons. The van der Waals surface area contributed by atoms with Crippen LogP contribution in [0.2, 0.25) is 0 Å². The molecule has 0 aliphatic carbocycles. The van der Waals surface area contributed by atoms with Crippen molar-refractivity contribution in [1.29, 1.82) is 0 Å². The maximum absolute atomic E-state index is 10.9. The number of nitro groups is 1. The molecular formula is C15H22N2O3. The van der Waals surface area contributed by atoms with Gasteiger partial charge in [-0.1, -0.05) is 6.42 Å². The highest BCUT2D eigenvalue weighted by Gasteiger charge is 2.15. The minimum absolute atomic E-state index is 0.156. The van der Waals surface area contributed by atoms with Crippen molar-refractivity contribution < 1.29 is 9.66 Å². The molecule has 1 aliphatic rings. The zero-order chi connectivity index (χ0) is 14.5. The topological polar surface area (TPSA) is 64.4 Å². The average Bonchev–Trinajstić information content (AvgIpc) is 2.43. The Hall–Kier alpha value is -1.62. The van der Waals surface area contributed by atoms with Crippen molar-refractivity contribution in [2.24, 2.45) is 0 Å². The number of benzene rings is 1. The Morgan fingerprint density at radius 1 is 1.35 bits per heavy atom. The number of ether oxygens (including phenoxy) is 1. The monoisotopic (exact) mass is 278 g/mol. The quantitative estimate of drug-likeness (QED) is 0.664. The maximum Gasteiger partial charge on any atom is 0.272 e. The number of nitro benzene ring substituents is 1. The van der Waals surface area contributed by atoms with Gasteiger partial charge in [0.15, 0.2) is 0 Å². The van der Waals surface area contributed by atoms with Crippen molar-refractivity contribution in [1.82, 2.24) is 5.32 Å². The molecular weight excluding hydrogens is 256 g/mol. The van der Waals surface area contributed by atoms with Crippen LogP contribution in [0.5, 0.6) is 5.75 Å². The average molecular weight is 278 g/mol. The first-order chi connectivity index (χ1) is 9.58. The van der Waals surface area contributed by atoms with Crippen LogP contribution in [0.15, 0.2) is 12.1 Å². The standard InChI is InChI=1S/C15H22N2O3/c1-11-10-15(12(2)9-14(11)17(18)19)20-8-6-13-5-3-4-7-16-13/h9-10,13,16H,3-8H2,1-2H3. The molecule has 1 saturated heterocycles. The highest BCUT2D eigenvalue weighted by Crippen LogP contribution is 2.27. The van der Waals surface area contributed by atoms with Gasteiger partial charge in [0.25, 0.3) is 5.69 Å². The second-order valence-corrected chi connectivity index (χ2v) is 5.45. The third kappa shape index (κ3) is 3.70. The summed E-state index contributed by atoms with van der Waals surface area (Å²) in [6.45, 7) is 5.34. The van der Waals surface area contributed by atoms with Gasteiger partial charge in [-0.2, -0.15) is 0 Å². The molecule has 1 aromatic rings. The van der Waals surface area contributed by atoms with E-state index in [0.29, 0.717) is 18.2 Å². The SMILES string of the molecule is Cc1cc([N+](=O)[O-])c(C)cc1OCCC1CCCCN1. The lowest BCUT2D eigenvalue weighted by molar-refractivity contribution is -0.385. The summed E-state index contributed by atoms with van der Waals surface area (Å²) in [5.41, 5.74) is 1.62. The Labute approximate surface area is 119 Å². The normalized spacial score (nSPS) is 18.8. The van der Waals surface area contributed by atoms with Crippen LogP contribution in [0.25, 0.3) is 0 Å². The van der Waals surface area contributed by atoms with Crippen LogP contribution in [0.3, 0.4) is 0 Å². The molecule has 1 aliphatic heterocycles. The van der Waals surface area contributed by atoms with Crippen molar-refractivity contribution in [3.8, 4) is 5.75 Å². The van der Waals surface area contributed by atoms with E-state index in [0.717, 1.165) is 24.3 Å². The van der Waals surface area contributed by atoms with E-state index < -0.39 is 0 Å².